The molecule has 1 rings (SSSR count). The number of ether oxygens (including phenoxy) is 1. The number of guanidine groups is 1. The smallest absolute Gasteiger partial charge is 0.408 e. The SMILES string of the molecule is CN=C(NCCNC(=O)c1cccnc1)NCC(C)(C)NC(=O)OC(C)(C)C. The van der Waals surface area contributed by atoms with Crippen LogP contribution in [0, 0.1) is 0 Å². The number of hydrogen-bond acceptors (Lipinski definition) is 5. The highest BCUT2D eigenvalue weighted by Crippen LogP contribution is 2.09. The first-order valence-electron chi connectivity index (χ1n) is 9.16. The number of carbonyl (C=O) groups excluding carboxylic acids is 2. The second-order valence-corrected chi connectivity index (χ2v) is 7.86. The van der Waals surface area contributed by atoms with Crippen molar-refractivity contribution in [3.05, 3.63) is 30.1 Å². The van der Waals surface area contributed by atoms with Gasteiger partial charge in [0, 0.05) is 39.1 Å². The van der Waals surface area contributed by atoms with Crippen molar-refractivity contribution < 1.29 is 14.3 Å². The lowest BCUT2D eigenvalue weighted by Gasteiger charge is -2.29. The molecule has 0 saturated carbocycles. The highest BCUT2D eigenvalue weighted by Gasteiger charge is 2.24. The predicted molar refractivity (Wildman–Crippen MR) is 109 cm³/mol. The summed E-state index contributed by atoms with van der Waals surface area (Å²) < 4.78 is 5.28. The number of alkyl carbamates (subject to hydrolysis) is 1. The Balaban J connectivity index is 2.34. The topological polar surface area (TPSA) is 117 Å². The second-order valence-electron chi connectivity index (χ2n) is 7.86. The normalized spacial score (nSPS) is 12.1. The minimum absolute atomic E-state index is 0.180. The van der Waals surface area contributed by atoms with Gasteiger partial charge in [0.1, 0.15) is 5.60 Å². The lowest BCUT2D eigenvalue weighted by atomic mass is 10.1. The molecule has 0 spiro atoms. The van der Waals surface area contributed by atoms with E-state index in [9.17, 15) is 9.59 Å². The van der Waals surface area contributed by atoms with Gasteiger partial charge in [0.15, 0.2) is 5.96 Å². The molecule has 0 aliphatic carbocycles. The maximum absolute atomic E-state index is 11.9. The molecule has 1 aromatic rings. The largest absolute Gasteiger partial charge is 0.444 e. The highest BCUT2D eigenvalue weighted by atomic mass is 16.6. The predicted octanol–water partition coefficient (Wildman–Crippen LogP) is 1.28. The number of nitrogens with zero attached hydrogens (tertiary/aromatic N) is 2. The minimum atomic E-state index is -0.550. The Hall–Kier alpha value is -2.84. The zero-order valence-corrected chi connectivity index (χ0v) is 17.5. The minimum Gasteiger partial charge on any atom is -0.444 e. The Morgan fingerprint density at radius 1 is 1.11 bits per heavy atom. The summed E-state index contributed by atoms with van der Waals surface area (Å²) in [5, 5.41) is 11.9. The van der Waals surface area contributed by atoms with Gasteiger partial charge in [-0.05, 0) is 46.8 Å². The van der Waals surface area contributed by atoms with Crippen molar-refractivity contribution in [2.24, 2.45) is 4.99 Å². The fraction of sp³-hybridized carbons (Fsp3) is 0.579. The Morgan fingerprint density at radius 3 is 2.36 bits per heavy atom. The molecule has 0 aliphatic rings. The van der Waals surface area contributed by atoms with Gasteiger partial charge >= 0.3 is 6.09 Å². The third-order valence-electron chi connectivity index (χ3n) is 3.39. The van der Waals surface area contributed by atoms with Crippen LogP contribution < -0.4 is 21.3 Å². The van der Waals surface area contributed by atoms with Crippen LogP contribution >= 0.6 is 0 Å². The molecule has 0 atom stereocenters. The van der Waals surface area contributed by atoms with Gasteiger partial charge in [0.25, 0.3) is 5.91 Å². The van der Waals surface area contributed by atoms with Gasteiger partial charge in [-0.3, -0.25) is 14.8 Å². The number of amides is 2. The molecule has 1 aromatic heterocycles. The summed E-state index contributed by atoms with van der Waals surface area (Å²) in [5.41, 5.74) is -0.583. The van der Waals surface area contributed by atoms with Crippen molar-refractivity contribution in [2.75, 3.05) is 26.7 Å². The summed E-state index contributed by atoms with van der Waals surface area (Å²) in [5.74, 6) is 0.384. The van der Waals surface area contributed by atoms with Crippen LogP contribution in [0.25, 0.3) is 0 Å². The number of carbonyl (C=O) groups is 2. The molecule has 9 heteroatoms. The molecule has 4 N–H and O–H groups in total. The first kappa shape index (κ1) is 23.2. The molecule has 0 aromatic carbocycles. The van der Waals surface area contributed by atoms with Crippen molar-refractivity contribution >= 4 is 18.0 Å². The maximum Gasteiger partial charge on any atom is 0.408 e. The molecule has 0 unspecified atom stereocenters. The van der Waals surface area contributed by atoms with Crippen molar-refractivity contribution in [3.63, 3.8) is 0 Å². The number of aliphatic imine (C=N–C) groups is 1. The molecule has 9 nitrogen and oxygen atoms in total. The standard InChI is InChI=1S/C19H32N6O3/c1-18(2,3)28-17(27)25-19(4,5)13-24-16(20-6)23-11-10-22-15(26)14-8-7-9-21-12-14/h7-9,12H,10-11,13H2,1-6H3,(H,22,26)(H,25,27)(H2,20,23,24). The monoisotopic (exact) mass is 392 g/mol. The fourth-order valence-electron chi connectivity index (χ4n) is 2.11. The number of hydrogen-bond donors (Lipinski definition) is 4. The third-order valence-corrected chi connectivity index (χ3v) is 3.39. The van der Waals surface area contributed by atoms with Crippen LogP contribution in [0.15, 0.2) is 29.5 Å². The van der Waals surface area contributed by atoms with Crippen LogP contribution in [0.1, 0.15) is 45.0 Å². The Labute approximate surface area is 166 Å². The van der Waals surface area contributed by atoms with Crippen molar-refractivity contribution in [3.8, 4) is 0 Å². The summed E-state index contributed by atoms with van der Waals surface area (Å²) >= 11 is 0. The Bertz CT molecular complexity index is 668. The molecule has 28 heavy (non-hydrogen) atoms. The van der Waals surface area contributed by atoms with Gasteiger partial charge in [-0.1, -0.05) is 0 Å². The van der Waals surface area contributed by atoms with Crippen molar-refractivity contribution in [2.45, 2.75) is 45.8 Å². The van der Waals surface area contributed by atoms with Gasteiger partial charge in [-0.15, -0.1) is 0 Å². The summed E-state index contributed by atoms with van der Waals surface area (Å²) in [4.78, 5) is 31.9. The van der Waals surface area contributed by atoms with E-state index in [1.807, 2.05) is 34.6 Å². The van der Waals surface area contributed by atoms with Crippen molar-refractivity contribution in [1.82, 2.24) is 26.3 Å². The quantitative estimate of drug-likeness (QED) is 0.316. The van der Waals surface area contributed by atoms with Gasteiger partial charge < -0.3 is 26.0 Å². The molecule has 1 heterocycles. The molecule has 0 fully saturated rings. The Kier molecular flexibility index (Phi) is 8.69. The highest BCUT2D eigenvalue weighted by molar-refractivity contribution is 5.93. The van der Waals surface area contributed by atoms with E-state index in [0.29, 0.717) is 31.2 Å². The van der Waals surface area contributed by atoms with E-state index in [0.717, 1.165) is 0 Å². The maximum atomic E-state index is 11.9. The van der Waals surface area contributed by atoms with Crippen molar-refractivity contribution in [1.29, 1.82) is 0 Å². The first-order valence-corrected chi connectivity index (χ1v) is 9.16. The van der Waals surface area contributed by atoms with Gasteiger partial charge in [0.2, 0.25) is 0 Å². The molecule has 156 valence electrons. The first-order chi connectivity index (χ1) is 13.0. The van der Waals surface area contributed by atoms with Crippen LogP contribution in [0.3, 0.4) is 0 Å². The average Bonchev–Trinajstić information content (AvgIpc) is 2.59. The van der Waals surface area contributed by atoms with Crippen LogP contribution in [-0.4, -0.2) is 60.8 Å². The van der Waals surface area contributed by atoms with E-state index in [1.165, 1.54) is 6.20 Å². The molecule has 0 radical (unpaired) electrons. The number of pyridine rings is 1. The zero-order chi connectivity index (χ0) is 21.2. The van der Waals surface area contributed by atoms with Gasteiger partial charge in [0.05, 0.1) is 11.1 Å². The van der Waals surface area contributed by atoms with E-state index in [1.54, 1.807) is 25.4 Å². The van der Waals surface area contributed by atoms with E-state index in [-0.39, 0.29) is 5.91 Å². The molecule has 0 bridgehead atoms. The second kappa shape index (κ2) is 10.5. The van der Waals surface area contributed by atoms with E-state index in [2.05, 4.69) is 31.2 Å². The van der Waals surface area contributed by atoms with Crippen LogP contribution in [-0.2, 0) is 4.74 Å². The fourth-order valence-corrected chi connectivity index (χ4v) is 2.11. The van der Waals surface area contributed by atoms with E-state index >= 15 is 0 Å². The van der Waals surface area contributed by atoms with Gasteiger partial charge in [-0.2, -0.15) is 0 Å². The Morgan fingerprint density at radius 2 is 1.79 bits per heavy atom. The van der Waals surface area contributed by atoms with Crippen LogP contribution in [0.5, 0.6) is 0 Å². The van der Waals surface area contributed by atoms with Gasteiger partial charge in [-0.25, -0.2) is 4.79 Å². The average molecular weight is 393 g/mol. The van der Waals surface area contributed by atoms with E-state index in [4.69, 9.17) is 4.74 Å². The summed E-state index contributed by atoms with van der Waals surface area (Å²) in [6.07, 6.45) is 2.66. The van der Waals surface area contributed by atoms with Crippen LogP contribution in [0.2, 0.25) is 0 Å². The molecular formula is C19H32N6O3. The molecule has 2 amide bonds. The number of aromatic nitrogens is 1. The molecule has 0 saturated heterocycles. The molecular weight excluding hydrogens is 360 g/mol. The third kappa shape index (κ3) is 9.75. The summed E-state index contributed by atoms with van der Waals surface area (Å²) in [6, 6.07) is 3.42. The number of nitrogens with one attached hydrogen (secondary N) is 4. The lowest BCUT2D eigenvalue weighted by Crippen LogP contribution is -2.54. The van der Waals surface area contributed by atoms with Crippen LogP contribution in [0.4, 0.5) is 4.79 Å². The summed E-state index contributed by atoms with van der Waals surface area (Å²) in [6.45, 7) is 10.6. The van der Waals surface area contributed by atoms with E-state index < -0.39 is 17.2 Å². The lowest BCUT2D eigenvalue weighted by molar-refractivity contribution is 0.0473. The number of rotatable bonds is 7. The molecule has 0 aliphatic heterocycles. The summed E-state index contributed by atoms with van der Waals surface area (Å²) in [7, 11) is 1.65. The zero-order valence-electron chi connectivity index (χ0n) is 17.5.